The molecule has 7 heteroatoms. The van der Waals surface area contributed by atoms with E-state index in [4.69, 9.17) is 0 Å². The number of aromatic nitrogens is 6. The van der Waals surface area contributed by atoms with Crippen molar-refractivity contribution >= 4 is 11.6 Å². The van der Waals surface area contributed by atoms with Crippen molar-refractivity contribution in [3.8, 4) is 11.4 Å². The SMILES string of the molecule is Cn1cc(Nc2nccc(-c3cc[nH]n3)n2)cn1. The Bertz CT molecular complexity index is 641. The molecule has 0 amide bonds. The van der Waals surface area contributed by atoms with Gasteiger partial charge >= 0.3 is 0 Å². The van der Waals surface area contributed by atoms with E-state index < -0.39 is 0 Å². The maximum atomic E-state index is 4.38. The van der Waals surface area contributed by atoms with Crippen LogP contribution in [0.25, 0.3) is 11.4 Å². The molecule has 90 valence electrons. The molecule has 0 saturated heterocycles. The molecule has 18 heavy (non-hydrogen) atoms. The number of anilines is 2. The van der Waals surface area contributed by atoms with E-state index in [0.717, 1.165) is 17.1 Å². The van der Waals surface area contributed by atoms with E-state index in [0.29, 0.717) is 5.95 Å². The van der Waals surface area contributed by atoms with Gasteiger partial charge < -0.3 is 5.32 Å². The normalized spacial score (nSPS) is 10.5. The highest BCUT2D eigenvalue weighted by molar-refractivity contribution is 5.57. The Balaban J connectivity index is 1.87. The quantitative estimate of drug-likeness (QED) is 0.723. The molecule has 0 fully saturated rings. The number of hydrogen-bond donors (Lipinski definition) is 2. The van der Waals surface area contributed by atoms with Gasteiger partial charge in [0.15, 0.2) is 0 Å². The third kappa shape index (κ3) is 2.05. The van der Waals surface area contributed by atoms with Gasteiger partial charge in [-0.05, 0) is 12.1 Å². The first kappa shape index (κ1) is 10.5. The monoisotopic (exact) mass is 241 g/mol. The van der Waals surface area contributed by atoms with Crippen LogP contribution in [-0.2, 0) is 7.05 Å². The van der Waals surface area contributed by atoms with Gasteiger partial charge in [0.05, 0.1) is 17.6 Å². The van der Waals surface area contributed by atoms with Crippen LogP contribution < -0.4 is 5.32 Å². The Hall–Kier alpha value is -2.70. The number of nitrogens with zero attached hydrogens (tertiary/aromatic N) is 5. The van der Waals surface area contributed by atoms with Crippen molar-refractivity contribution in [3.63, 3.8) is 0 Å². The minimum absolute atomic E-state index is 0.517. The lowest BCUT2D eigenvalue weighted by Gasteiger charge is -2.02. The maximum Gasteiger partial charge on any atom is 0.227 e. The van der Waals surface area contributed by atoms with Crippen LogP contribution in [0, 0.1) is 0 Å². The summed E-state index contributed by atoms with van der Waals surface area (Å²) in [4.78, 5) is 8.53. The van der Waals surface area contributed by atoms with Gasteiger partial charge in [-0.2, -0.15) is 10.2 Å². The van der Waals surface area contributed by atoms with Gasteiger partial charge in [-0.3, -0.25) is 9.78 Å². The summed E-state index contributed by atoms with van der Waals surface area (Å²) < 4.78 is 1.71. The topological polar surface area (TPSA) is 84.3 Å². The largest absolute Gasteiger partial charge is 0.321 e. The maximum absolute atomic E-state index is 4.38. The Morgan fingerprint density at radius 3 is 2.94 bits per heavy atom. The summed E-state index contributed by atoms with van der Waals surface area (Å²) in [6.07, 6.45) is 7.01. The standard InChI is InChI=1S/C11H11N7/c1-18-7-8(6-14-18)15-11-12-4-2-9(16-11)10-3-5-13-17-10/h2-7H,1H3,(H,13,17)(H,12,15,16). The lowest BCUT2D eigenvalue weighted by atomic mass is 10.3. The highest BCUT2D eigenvalue weighted by Crippen LogP contribution is 2.16. The van der Waals surface area contributed by atoms with Crippen molar-refractivity contribution in [2.75, 3.05) is 5.32 Å². The third-order valence-corrected chi connectivity index (χ3v) is 2.38. The van der Waals surface area contributed by atoms with E-state index >= 15 is 0 Å². The third-order valence-electron chi connectivity index (χ3n) is 2.38. The second-order valence-electron chi connectivity index (χ2n) is 3.75. The molecule has 3 aromatic heterocycles. The molecule has 2 N–H and O–H groups in total. The summed E-state index contributed by atoms with van der Waals surface area (Å²) in [6, 6.07) is 3.67. The number of hydrogen-bond acceptors (Lipinski definition) is 5. The van der Waals surface area contributed by atoms with Crippen LogP contribution >= 0.6 is 0 Å². The van der Waals surface area contributed by atoms with E-state index in [1.807, 2.05) is 25.4 Å². The molecule has 0 spiro atoms. The van der Waals surface area contributed by atoms with E-state index in [1.165, 1.54) is 0 Å². The van der Waals surface area contributed by atoms with Gasteiger partial charge in [-0.15, -0.1) is 0 Å². The summed E-state index contributed by atoms with van der Waals surface area (Å²) >= 11 is 0. The van der Waals surface area contributed by atoms with E-state index in [9.17, 15) is 0 Å². The predicted octanol–water partition coefficient (Wildman–Crippen LogP) is 1.34. The molecule has 0 radical (unpaired) electrons. The molecule has 3 aromatic rings. The van der Waals surface area contributed by atoms with Gasteiger partial charge in [0.1, 0.15) is 5.69 Å². The van der Waals surface area contributed by atoms with E-state index in [-0.39, 0.29) is 0 Å². The van der Waals surface area contributed by atoms with Crippen LogP contribution in [0.2, 0.25) is 0 Å². The van der Waals surface area contributed by atoms with Crippen molar-refractivity contribution < 1.29 is 0 Å². The van der Waals surface area contributed by atoms with Crippen molar-refractivity contribution in [1.82, 2.24) is 29.9 Å². The summed E-state index contributed by atoms with van der Waals surface area (Å²) in [5.41, 5.74) is 2.39. The number of rotatable bonds is 3. The Kier molecular flexibility index (Phi) is 2.49. The Labute approximate surface area is 103 Å². The first-order valence-electron chi connectivity index (χ1n) is 5.40. The number of nitrogens with one attached hydrogen (secondary N) is 2. The van der Waals surface area contributed by atoms with E-state index in [2.05, 4.69) is 30.6 Å². The molecule has 0 unspecified atom stereocenters. The van der Waals surface area contributed by atoms with Crippen LogP contribution in [0.1, 0.15) is 0 Å². The van der Waals surface area contributed by atoms with Crippen molar-refractivity contribution in [1.29, 1.82) is 0 Å². The zero-order valence-electron chi connectivity index (χ0n) is 9.70. The van der Waals surface area contributed by atoms with Gasteiger partial charge in [0, 0.05) is 25.6 Å². The summed E-state index contributed by atoms with van der Waals surface area (Å²) in [5.74, 6) is 0.517. The van der Waals surface area contributed by atoms with Crippen LogP contribution in [0.3, 0.4) is 0 Å². The summed E-state index contributed by atoms with van der Waals surface area (Å²) in [5, 5.41) is 14.0. The number of H-pyrrole nitrogens is 1. The average Bonchev–Trinajstić information content (AvgIpc) is 3.01. The fourth-order valence-electron chi connectivity index (χ4n) is 1.58. The molecule has 0 saturated carbocycles. The number of aromatic amines is 1. The van der Waals surface area contributed by atoms with Crippen molar-refractivity contribution in [3.05, 3.63) is 36.9 Å². The molecule has 0 bridgehead atoms. The van der Waals surface area contributed by atoms with Gasteiger partial charge in [0.25, 0.3) is 0 Å². The zero-order valence-corrected chi connectivity index (χ0v) is 9.70. The minimum atomic E-state index is 0.517. The van der Waals surface area contributed by atoms with Crippen molar-refractivity contribution in [2.24, 2.45) is 7.05 Å². The fraction of sp³-hybridized carbons (Fsp3) is 0.0909. The predicted molar refractivity (Wildman–Crippen MR) is 66.1 cm³/mol. The van der Waals surface area contributed by atoms with E-state index in [1.54, 1.807) is 23.3 Å². The molecule has 3 heterocycles. The summed E-state index contributed by atoms with van der Waals surface area (Å²) in [7, 11) is 1.85. The molecular formula is C11H11N7. The summed E-state index contributed by atoms with van der Waals surface area (Å²) in [6.45, 7) is 0. The first-order chi connectivity index (χ1) is 8.81. The second-order valence-corrected chi connectivity index (χ2v) is 3.75. The van der Waals surface area contributed by atoms with Gasteiger partial charge in [0.2, 0.25) is 5.95 Å². The van der Waals surface area contributed by atoms with Gasteiger partial charge in [-0.1, -0.05) is 0 Å². The van der Waals surface area contributed by atoms with Crippen molar-refractivity contribution in [2.45, 2.75) is 0 Å². The lowest BCUT2D eigenvalue weighted by Crippen LogP contribution is -1.97. The Morgan fingerprint density at radius 2 is 2.22 bits per heavy atom. The molecule has 0 aliphatic heterocycles. The van der Waals surface area contributed by atoms with Crippen LogP contribution in [-0.4, -0.2) is 29.9 Å². The first-order valence-corrected chi connectivity index (χ1v) is 5.40. The second kappa shape index (κ2) is 4.28. The number of aryl methyl sites for hydroxylation is 1. The molecule has 0 aliphatic rings. The molecule has 0 atom stereocenters. The lowest BCUT2D eigenvalue weighted by molar-refractivity contribution is 0.768. The molecule has 3 rings (SSSR count). The Morgan fingerprint density at radius 1 is 1.28 bits per heavy atom. The average molecular weight is 241 g/mol. The molecular weight excluding hydrogens is 230 g/mol. The highest BCUT2D eigenvalue weighted by atomic mass is 15.3. The molecule has 0 aliphatic carbocycles. The van der Waals surface area contributed by atoms with Crippen LogP contribution in [0.15, 0.2) is 36.9 Å². The minimum Gasteiger partial charge on any atom is -0.321 e. The van der Waals surface area contributed by atoms with Crippen LogP contribution in [0.5, 0.6) is 0 Å². The molecule has 7 nitrogen and oxygen atoms in total. The highest BCUT2D eigenvalue weighted by Gasteiger charge is 2.04. The van der Waals surface area contributed by atoms with Gasteiger partial charge in [-0.25, -0.2) is 9.97 Å². The smallest absolute Gasteiger partial charge is 0.227 e. The fourth-order valence-corrected chi connectivity index (χ4v) is 1.58. The zero-order chi connectivity index (χ0) is 12.4. The molecule has 0 aromatic carbocycles. The van der Waals surface area contributed by atoms with Crippen LogP contribution in [0.4, 0.5) is 11.6 Å².